The molecule has 0 atom stereocenters. The Morgan fingerprint density at radius 2 is 2.10 bits per heavy atom. The minimum Gasteiger partial charge on any atom is -0.289 e. The Morgan fingerprint density at radius 1 is 1.25 bits per heavy atom. The second-order valence-corrected chi connectivity index (χ2v) is 7.32. The number of nitriles is 1. The first-order valence-corrected chi connectivity index (χ1v) is 8.01. The van der Waals surface area contributed by atoms with Crippen molar-refractivity contribution in [1.29, 1.82) is 5.26 Å². The molecule has 1 fully saturated rings. The van der Waals surface area contributed by atoms with E-state index >= 15 is 0 Å². The third kappa shape index (κ3) is 1.65. The average Bonchev–Trinajstić information content (AvgIpc) is 2.44. The van der Waals surface area contributed by atoms with Gasteiger partial charge < -0.3 is 0 Å². The number of rotatable bonds is 0. The first-order valence-electron chi connectivity index (χ1n) is 7.20. The molecule has 1 heterocycles. The number of hydrogen-bond acceptors (Lipinski definition) is 3. The fourth-order valence-corrected chi connectivity index (χ4v) is 5.08. The molecule has 0 saturated heterocycles. The number of benzene rings is 1. The molecule has 0 bridgehead atoms. The average molecular weight is 281 g/mol. The molecule has 0 amide bonds. The molecule has 2 nitrogen and oxygen atoms in total. The summed E-state index contributed by atoms with van der Waals surface area (Å²) in [5.41, 5.74) is 2.38. The van der Waals surface area contributed by atoms with Gasteiger partial charge in [0.15, 0.2) is 5.43 Å². The summed E-state index contributed by atoms with van der Waals surface area (Å²) in [7, 11) is 0. The standard InChI is InChI=1S/C17H15NOS/c18-10-11-2-3-12-14(8-11)20-15-9-17(5-1-6-17)7-4-13(15)16(12)19/h2-3,8H,1,4-7,9H2. The molecule has 2 aromatic rings. The van der Waals surface area contributed by atoms with Crippen LogP contribution in [0.5, 0.6) is 0 Å². The van der Waals surface area contributed by atoms with E-state index in [0.29, 0.717) is 11.0 Å². The molecule has 0 radical (unpaired) electrons. The summed E-state index contributed by atoms with van der Waals surface area (Å²) in [5.74, 6) is 0. The lowest BCUT2D eigenvalue weighted by Gasteiger charge is -2.45. The molecule has 0 aliphatic heterocycles. The molecule has 1 spiro atoms. The molecular formula is C17H15NOS. The first-order chi connectivity index (χ1) is 9.71. The summed E-state index contributed by atoms with van der Waals surface area (Å²) in [5, 5.41) is 9.80. The van der Waals surface area contributed by atoms with Crippen LogP contribution in [0, 0.1) is 16.7 Å². The van der Waals surface area contributed by atoms with Crippen LogP contribution in [-0.2, 0) is 12.8 Å². The summed E-state index contributed by atoms with van der Waals surface area (Å²) in [6.45, 7) is 0. The van der Waals surface area contributed by atoms with Gasteiger partial charge in [0.05, 0.1) is 11.6 Å². The number of fused-ring (bicyclic) bond motifs is 2. The third-order valence-electron chi connectivity index (χ3n) is 5.05. The van der Waals surface area contributed by atoms with Crippen molar-refractivity contribution >= 4 is 21.4 Å². The van der Waals surface area contributed by atoms with E-state index in [1.54, 1.807) is 17.4 Å². The van der Waals surface area contributed by atoms with Gasteiger partial charge in [-0.3, -0.25) is 4.79 Å². The van der Waals surface area contributed by atoms with Crippen molar-refractivity contribution in [3.63, 3.8) is 0 Å². The smallest absolute Gasteiger partial charge is 0.191 e. The predicted molar refractivity (Wildman–Crippen MR) is 81.1 cm³/mol. The molecule has 0 N–H and O–H groups in total. The zero-order valence-electron chi connectivity index (χ0n) is 11.2. The Kier molecular flexibility index (Phi) is 2.52. The topological polar surface area (TPSA) is 40.9 Å². The van der Waals surface area contributed by atoms with Crippen LogP contribution in [0.1, 0.15) is 41.7 Å². The van der Waals surface area contributed by atoms with Crippen LogP contribution < -0.4 is 5.43 Å². The van der Waals surface area contributed by atoms with Gasteiger partial charge in [-0.05, 0) is 55.7 Å². The summed E-state index contributed by atoms with van der Waals surface area (Å²) < 4.78 is 0.976. The van der Waals surface area contributed by atoms with E-state index in [2.05, 4.69) is 6.07 Å². The van der Waals surface area contributed by atoms with Crippen LogP contribution in [0.4, 0.5) is 0 Å². The Morgan fingerprint density at radius 3 is 2.80 bits per heavy atom. The maximum atomic E-state index is 12.6. The lowest BCUT2D eigenvalue weighted by atomic mass is 9.61. The van der Waals surface area contributed by atoms with Gasteiger partial charge in [0.25, 0.3) is 0 Å². The maximum absolute atomic E-state index is 12.6. The van der Waals surface area contributed by atoms with Crippen molar-refractivity contribution < 1.29 is 0 Å². The van der Waals surface area contributed by atoms with E-state index in [-0.39, 0.29) is 5.43 Å². The van der Waals surface area contributed by atoms with Crippen molar-refractivity contribution in [2.24, 2.45) is 5.41 Å². The molecule has 1 aromatic carbocycles. The van der Waals surface area contributed by atoms with E-state index in [1.165, 1.54) is 30.6 Å². The molecule has 3 heteroatoms. The van der Waals surface area contributed by atoms with Crippen LogP contribution in [0.15, 0.2) is 23.0 Å². The SMILES string of the molecule is N#Cc1ccc2c(=O)c3c(sc2c1)CC1(CCC1)CC3. The highest BCUT2D eigenvalue weighted by molar-refractivity contribution is 7.18. The van der Waals surface area contributed by atoms with E-state index < -0.39 is 0 Å². The predicted octanol–water partition coefficient (Wildman–Crippen LogP) is 3.79. The van der Waals surface area contributed by atoms with Gasteiger partial charge in [0, 0.05) is 20.5 Å². The van der Waals surface area contributed by atoms with Crippen LogP contribution in [-0.4, -0.2) is 0 Å². The minimum absolute atomic E-state index is 0.201. The highest BCUT2D eigenvalue weighted by Crippen LogP contribution is 2.50. The summed E-state index contributed by atoms with van der Waals surface area (Å²) in [6.07, 6.45) is 7.20. The van der Waals surface area contributed by atoms with Crippen LogP contribution in [0.2, 0.25) is 0 Å². The van der Waals surface area contributed by atoms with E-state index in [9.17, 15) is 4.79 Å². The Hall–Kier alpha value is -1.66. The monoisotopic (exact) mass is 281 g/mol. The van der Waals surface area contributed by atoms with Gasteiger partial charge in [0.1, 0.15) is 0 Å². The molecule has 1 saturated carbocycles. The summed E-state index contributed by atoms with van der Waals surface area (Å²) >= 11 is 1.73. The zero-order chi connectivity index (χ0) is 13.7. The highest BCUT2D eigenvalue weighted by Gasteiger charge is 2.40. The Bertz CT molecular complexity index is 808. The van der Waals surface area contributed by atoms with Crippen LogP contribution >= 0.6 is 11.3 Å². The van der Waals surface area contributed by atoms with E-state index in [1.807, 2.05) is 12.1 Å². The number of hydrogen-bond donors (Lipinski definition) is 0. The van der Waals surface area contributed by atoms with Gasteiger partial charge in [0.2, 0.25) is 0 Å². The fourth-order valence-electron chi connectivity index (χ4n) is 3.67. The molecule has 4 rings (SSSR count). The molecular weight excluding hydrogens is 266 g/mol. The zero-order valence-corrected chi connectivity index (χ0v) is 12.1. The van der Waals surface area contributed by atoms with Gasteiger partial charge in [-0.2, -0.15) is 5.26 Å². The van der Waals surface area contributed by atoms with Gasteiger partial charge >= 0.3 is 0 Å². The molecule has 20 heavy (non-hydrogen) atoms. The quantitative estimate of drug-likeness (QED) is 0.737. The molecule has 100 valence electrons. The molecule has 0 unspecified atom stereocenters. The largest absolute Gasteiger partial charge is 0.289 e. The second-order valence-electron chi connectivity index (χ2n) is 6.19. The fraction of sp³-hybridized carbons (Fsp3) is 0.412. The molecule has 2 aliphatic rings. The van der Waals surface area contributed by atoms with Crippen molar-refractivity contribution in [3.05, 3.63) is 44.4 Å². The second kappa shape index (κ2) is 4.17. The lowest BCUT2D eigenvalue weighted by Crippen LogP contribution is -2.36. The Balaban J connectivity index is 1.92. The minimum atomic E-state index is 0.201. The summed E-state index contributed by atoms with van der Waals surface area (Å²) in [6, 6.07) is 7.60. The maximum Gasteiger partial charge on any atom is 0.191 e. The first kappa shape index (κ1) is 12.1. The van der Waals surface area contributed by atoms with Crippen molar-refractivity contribution in [3.8, 4) is 6.07 Å². The highest BCUT2D eigenvalue weighted by atomic mass is 32.1. The van der Waals surface area contributed by atoms with E-state index in [0.717, 1.165) is 28.5 Å². The van der Waals surface area contributed by atoms with Gasteiger partial charge in [-0.1, -0.05) is 6.42 Å². The van der Waals surface area contributed by atoms with Crippen molar-refractivity contribution in [2.45, 2.75) is 38.5 Å². The van der Waals surface area contributed by atoms with Crippen LogP contribution in [0.3, 0.4) is 0 Å². The normalized spacial score (nSPS) is 19.4. The third-order valence-corrected chi connectivity index (χ3v) is 6.25. The number of nitrogens with zero attached hydrogens (tertiary/aromatic N) is 1. The van der Waals surface area contributed by atoms with Crippen LogP contribution in [0.25, 0.3) is 10.1 Å². The lowest BCUT2D eigenvalue weighted by molar-refractivity contribution is 0.113. The summed E-state index contributed by atoms with van der Waals surface area (Å²) in [4.78, 5) is 13.9. The van der Waals surface area contributed by atoms with Gasteiger partial charge in [-0.25, -0.2) is 0 Å². The molecule has 2 aliphatic carbocycles. The molecule has 1 aromatic heterocycles. The van der Waals surface area contributed by atoms with Crippen molar-refractivity contribution in [1.82, 2.24) is 0 Å². The Labute approximate surface area is 121 Å². The van der Waals surface area contributed by atoms with Gasteiger partial charge in [-0.15, -0.1) is 11.3 Å². The van der Waals surface area contributed by atoms with Crippen molar-refractivity contribution in [2.75, 3.05) is 0 Å². The van der Waals surface area contributed by atoms with E-state index in [4.69, 9.17) is 5.26 Å².